The maximum Gasteiger partial charge on any atom is 0.247 e. The van der Waals surface area contributed by atoms with Crippen LogP contribution in [0.15, 0.2) is 46.9 Å². The molecule has 1 atom stereocenters. The molecule has 2 aromatic carbocycles. The lowest BCUT2D eigenvalue weighted by atomic mass is 10.1. The predicted molar refractivity (Wildman–Crippen MR) is 111 cm³/mol. The highest BCUT2D eigenvalue weighted by Crippen LogP contribution is 2.30. The lowest BCUT2D eigenvalue weighted by molar-refractivity contribution is -0.117. The summed E-state index contributed by atoms with van der Waals surface area (Å²) in [6, 6.07) is 12.6. The zero-order chi connectivity index (χ0) is 20.3. The summed E-state index contributed by atoms with van der Waals surface area (Å²) in [6.45, 7) is 4.00. The molecule has 0 saturated heterocycles. The van der Waals surface area contributed by atoms with E-state index in [0.717, 1.165) is 11.1 Å². The predicted octanol–water partition coefficient (Wildman–Crippen LogP) is 4.98. The second-order valence-corrected chi connectivity index (χ2v) is 7.37. The Bertz CT molecular complexity index is 970. The molecule has 0 unspecified atom stereocenters. The first-order valence-electron chi connectivity index (χ1n) is 8.69. The molecular formula is C20H20Cl2N4O2. The zero-order valence-electron chi connectivity index (χ0n) is 15.7. The van der Waals surface area contributed by atoms with Crippen molar-refractivity contribution in [2.75, 3.05) is 18.9 Å². The molecule has 0 radical (unpaired) electrons. The first-order valence-corrected chi connectivity index (χ1v) is 9.45. The van der Waals surface area contributed by atoms with Crippen molar-refractivity contribution in [3.8, 4) is 11.5 Å². The zero-order valence-corrected chi connectivity index (χ0v) is 17.3. The number of amides is 1. The number of para-hydroxylation sites is 1. The highest BCUT2D eigenvalue weighted by Gasteiger charge is 2.21. The average molecular weight is 419 g/mol. The monoisotopic (exact) mass is 418 g/mol. The number of anilines is 1. The molecule has 0 spiro atoms. The SMILES string of the molecule is Cc1cccc(-c2nnc([C@@H](C)N(C)CC(=O)Nc3c(Cl)cccc3Cl)o2)c1. The Balaban J connectivity index is 1.66. The van der Waals surface area contributed by atoms with Gasteiger partial charge in [-0.05, 0) is 45.2 Å². The molecule has 0 aliphatic rings. The summed E-state index contributed by atoms with van der Waals surface area (Å²) in [7, 11) is 1.80. The molecule has 1 aromatic heterocycles. The van der Waals surface area contributed by atoms with Crippen LogP contribution in [0, 0.1) is 6.92 Å². The largest absolute Gasteiger partial charge is 0.419 e. The Morgan fingerprint density at radius 1 is 1.18 bits per heavy atom. The maximum absolute atomic E-state index is 12.4. The summed E-state index contributed by atoms with van der Waals surface area (Å²) in [4.78, 5) is 14.2. The van der Waals surface area contributed by atoms with E-state index >= 15 is 0 Å². The van der Waals surface area contributed by atoms with Gasteiger partial charge in [-0.3, -0.25) is 9.69 Å². The minimum Gasteiger partial charge on any atom is -0.419 e. The standard InChI is InChI=1S/C20H20Cl2N4O2/c1-12-6-4-7-14(10-12)20-25-24-19(28-20)13(2)26(3)11-17(27)23-18-15(21)8-5-9-16(18)22/h4-10,13H,11H2,1-3H3,(H,23,27)/t13-/m1/s1. The molecule has 8 heteroatoms. The number of aryl methyl sites for hydroxylation is 1. The Morgan fingerprint density at radius 3 is 2.54 bits per heavy atom. The highest BCUT2D eigenvalue weighted by atomic mass is 35.5. The highest BCUT2D eigenvalue weighted by molar-refractivity contribution is 6.39. The number of benzene rings is 2. The van der Waals surface area contributed by atoms with Crippen LogP contribution >= 0.6 is 23.2 Å². The summed E-state index contributed by atoms with van der Waals surface area (Å²) >= 11 is 12.2. The number of halogens is 2. The van der Waals surface area contributed by atoms with Crippen molar-refractivity contribution in [2.24, 2.45) is 0 Å². The van der Waals surface area contributed by atoms with Gasteiger partial charge in [-0.1, -0.05) is 47.0 Å². The van der Waals surface area contributed by atoms with E-state index in [1.807, 2.05) is 38.1 Å². The number of rotatable bonds is 6. The molecule has 1 heterocycles. The van der Waals surface area contributed by atoms with Crippen LogP contribution in [0.3, 0.4) is 0 Å². The molecule has 6 nitrogen and oxygen atoms in total. The fraction of sp³-hybridized carbons (Fsp3) is 0.250. The van der Waals surface area contributed by atoms with Gasteiger partial charge in [-0.25, -0.2) is 0 Å². The molecule has 3 rings (SSSR count). The molecule has 0 aliphatic heterocycles. The van der Waals surface area contributed by atoms with Crippen molar-refractivity contribution in [1.29, 1.82) is 0 Å². The fourth-order valence-electron chi connectivity index (χ4n) is 2.65. The third kappa shape index (κ3) is 4.70. The third-order valence-electron chi connectivity index (χ3n) is 4.34. The van der Waals surface area contributed by atoms with E-state index in [1.165, 1.54) is 0 Å². The Labute approximate surface area is 173 Å². The van der Waals surface area contributed by atoms with Crippen LogP contribution < -0.4 is 5.32 Å². The molecule has 0 bridgehead atoms. The number of nitrogens with one attached hydrogen (secondary N) is 1. The van der Waals surface area contributed by atoms with Crippen LogP contribution in [0.2, 0.25) is 10.0 Å². The Hall–Kier alpha value is -2.41. The fourth-order valence-corrected chi connectivity index (χ4v) is 3.14. The van der Waals surface area contributed by atoms with Gasteiger partial charge in [0.25, 0.3) is 0 Å². The summed E-state index contributed by atoms with van der Waals surface area (Å²) in [5.41, 5.74) is 2.37. The van der Waals surface area contributed by atoms with Crippen LogP contribution in [-0.2, 0) is 4.79 Å². The van der Waals surface area contributed by atoms with Crippen LogP contribution in [0.4, 0.5) is 5.69 Å². The number of carbonyl (C=O) groups is 1. The lowest BCUT2D eigenvalue weighted by Gasteiger charge is -2.21. The quantitative estimate of drug-likeness (QED) is 0.610. The van der Waals surface area contributed by atoms with Crippen molar-refractivity contribution in [3.63, 3.8) is 0 Å². The van der Waals surface area contributed by atoms with E-state index in [2.05, 4.69) is 15.5 Å². The maximum atomic E-state index is 12.4. The summed E-state index contributed by atoms with van der Waals surface area (Å²) in [5.74, 6) is 0.636. The van der Waals surface area contributed by atoms with Gasteiger partial charge in [0.05, 0.1) is 28.3 Å². The van der Waals surface area contributed by atoms with Crippen LogP contribution in [0.5, 0.6) is 0 Å². The molecule has 1 N–H and O–H groups in total. The van der Waals surface area contributed by atoms with Gasteiger partial charge < -0.3 is 9.73 Å². The van der Waals surface area contributed by atoms with Gasteiger partial charge in [0.15, 0.2) is 0 Å². The van der Waals surface area contributed by atoms with Crippen molar-refractivity contribution >= 4 is 34.8 Å². The molecule has 1 amide bonds. The second kappa shape index (κ2) is 8.73. The van der Waals surface area contributed by atoms with Crippen molar-refractivity contribution in [3.05, 3.63) is 64.0 Å². The Kier molecular flexibility index (Phi) is 6.34. The van der Waals surface area contributed by atoms with Crippen molar-refractivity contribution < 1.29 is 9.21 Å². The smallest absolute Gasteiger partial charge is 0.247 e. The molecule has 0 aliphatic carbocycles. The first-order chi connectivity index (χ1) is 13.3. The molecule has 3 aromatic rings. The van der Waals surface area contributed by atoms with E-state index in [1.54, 1.807) is 30.1 Å². The third-order valence-corrected chi connectivity index (χ3v) is 4.97. The lowest BCUT2D eigenvalue weighted by Crippen LogP contribution is -2.32. The molecule has 0 saturated carbocycles. The van der Waals surface area contributed by atoms with Gasteiger partial charge >= 0.3 is 0 Å². The molecule has 146 valence electrons. The van der Waals surface area contributed by atoms with Crippen molar-refractivity contribution in [2.45, 2.75) is 19.9 Å². The van der Waals surface area contributed by atoms with E-state index in [9.17, 15) is 4.79 Å². The number of nitrogens with zero attached hydrogens (tertiary/aromatic N) is 3. The van der Waals surface area contributed by atoms with E-state index in [-0.39, 0.29) is 18.5 Å². The number of carbonyl (C=O) groups excluding carboxylic acids is 1. The average Bonchev–Trinajstić information content (AvgIpc) is 3.14. The molecule has 28 heavy (non-hydrogen) atoms. The normalized spacial score (nSPS) is 12.2. The van der Waals surface area contributed by atoms with Gasteiger partial charge in [0.1, 0.15) is 0 Å². The summed E-state index contributed by atoms with van der Waals surface area (Å²) in [6.07, 6.45) is 0. The van der Waals surface area contributed by atoms with Gasteiger partial charge in [-0.15, -0.1) is 10.2 Å². The first kappa shape index (κ1) is 20.3. The van der Waals surface area contributed by atoms with Gasteiger partial charge in [0.2, 0.25) is 17.7 Å². The van der Waals surface area contributed by atoms with E-state index in [0.29, 0.717) is 27.5 Å². The second-order valence-electron chi connectivity index (χ2n) is 6.55. The minimum atomic E-state index is -0.251. The molecular weight excluding hydrogens is 399 g/mol. The number of likely N-dealkylation sites (N-methyl/N-ethyl adjacent to an activating group) is 1. The Morgan fingerprint density at radius 2 is 1.86 bits per heavy atom. The topological polar surface area (TPSA) is 71.3 Å². The van der Waals surface area contributed by atoms with E-state index < -0.39 is 0 Å². The van der Waals surface area contributed by atoms with Crippen LogP contribution in [-0.4, -0.2) is 34.6 Å². The van der Waals surface area contributed by atoms with E-state index in [4.69, 9.17) is 27.6 Å². The minimum absolute atomic E-state index is 0.102. The molecule has 0 fully saturated rings. The number of hydrogen-bond acceptors (Lipinski definition) is 5. The van der Waals surface area contributed by atoms with Crippen LogP contribution in [0.25, 0.3) is 11.5 Å². The van der Waals surface area contributed by atoms with Crippen molar-refractivity contribution in [1.82, 2.24) is 15.1 Å². The number of aromatic nitrogens is 2. The summed E-state index contributed by atoms with van der Waals surface area (Å²) < 4.78 is 5.81. The van der Waals surface area contributed by atoms with Gasteiger partial charge in [-0.2, -0.15) is 0 Å². The summed E-state index contributed by atoms with van der Waals surface area (Å²) in [5, 5.41) is 11.8. The van der Waals surface area contributed by atoms with Gasteiger partial charge in [0, 0.05) is 5.56 Å². The van der Waals surface area contributed by atoms with Crippen LogP contribution in [0.1, 0.15) is 24.4 Å². The number of hydrogen-bond donors (Lipinski definition) is 1.